The Hall–Kier alpha value is -3.32. The number of thiophene rings is 1. The second-order valence-electron chi connectivity index (χ2n) is 7.98. The lowest BCUT2D eigenvalue weighted by molar-refractivity contribution is -0.138. The first-order valence-electron chi connectivity index (χ1n) is 11.1. The van der Waals surface area contributed by atoms with Gasteiger partial charge in [0.2, 0.25) is 11.8 Å². The standard InChI is InChI=1S/C26H28N2O4S/c1-31-24-15-20(11-12-23(24)32-18-19-7-3-2-4-8-19)17-27-26(30)22-10-5-13-28(22)25(29)16-21-9-6-14-33-21/h2-4,6-9,11-12,14-15,22H,5,10,13,16-18H2,1H3,(H,27,30). The van der Waals surface area contributed by atoms with Crippen LogP contribution in [0.2, 0.25) is 0 Å². The summed E-state index contributed by atoms with van der Waals surface area (Å²) in [5.74, 6) is 1.16. The van der Waals surface area contributed by atoms with Gasteiger partial charge in [0.1, 0.15) is 12.6 Å². The molecule has 1 unspecified atom stereocenters. The number of benzene rings is 2. The van der Waals surface area contributed by atoms with E-state index in [1.807, 2.05) is 66.0 Å². The number of nitrogens with zero attached hydrogens (tertiary/aromatic N) is 1. The molecule has 0 radical (unpaired) electrons. The van der Waals surface area contributed by atoms with Gasteiger partial charge in [0.25, 0.3) is 0 Å². The average Bonchev–Trinajstić information content (AvgIpc) is 3.54. The topological polar surface area (TPSA) is 67.9 Å². The van der Waals surface area contributed by atoms with Gasteiger partial charge in [0, 0.05) is 18.0 Å². The van der Waals surface area contributed by atoms with Crippen molar-refractivity contribution in [3.05, 3.63) is 82.0 Å². The Balaban J connectivity index is 1.33. The maximum atomic E-state index is 12.9. The fourth-order valence-electron chi connectivity index (χ4n) is 3.99. The molecule has 1 atom stereocenters. The quantitative estimate of drug-likeness (QED) is 0.516. The molecule has 3 aromatic rings. The molecule has 0 aliphatic carbocycles. The lowest BCUT2D eigenvalue weighted by Gasteiger charge is -2.24. The van der Waals surface area contributed by atoms with Crippen LogP contribution in [0.5, 0.6) is 11.5 Å². The number of hydrogen-bond acceptors (Lipinski definition) is 5. The van der Waals surface area contributed by atoms with Crippen molar-refractivity contribution in [2.24, 2.45) is 0 Å². The predicted molar refractivity (Wildman–Crippen MR) is 128 cm³/mol. The molecule has 1 aliphatic heterocycles. The van der Waals surface area contributed by atoms with E-state index < -0.39 is 6.04 Å². The lowest BCUT2D eigenvalue weighted by atomic mass is 10.1. The minimum absolute atomic E-state index is 0.0108. The third-order valence-corrected chi connectivity index (χ3v) is 6.59. The van der Waals surface area contributed by atoms with Gasteiger partial charge in [-0.1, -0.05) is 42.5 Å². The predicted octanol–water partition coefficient (Wildman–Crippen LogP) is 4.19. The van der Waals surface area contributed by atoms with Gasteiger partial charge < -0.3 is 19.7 Å². The summed E-state index contributed by atoms with van der Waals surface area (Å²) < 4.78 is 11.4. The maximum absolute atomic E-state index is 12.9. The number of carbonyl (C=O) groups excluding carboxylic acids is 2. The summed E-state index contributed by atoms with van der Waals surface area (Å²) in [6.07, 6.45) is 1.89. The molecule has 2 aromatic carbocycles. The van der Waals surface area contributed by atoms with E-state index in [4.69, 9.17) is 9.47 Å². The molecule has 1 aliphatic rings. The van der Waals surface area contributed by atoms with Crippen molar-refractivity contribution in [2.45, 2.75) is 38.5 Å². The molecule has 7 heteroatoms. The van der Waals surface area contributed by atoms with E-state index in [0.29, 0.717) is 44.0 Å². The molecule has 1 saturated heterocycles. The molecular formula is C26H28N2O4S. The monoisotopic (exact) mass is 464 g/mol. The summed E-state index contributed by atoms with van der Waals surface area (Å²) in [4.78, 5) is 28.3. The van der Waals surface area contributed by atoms with Crippen molar-refractivity contribution in [1.29, 1.82) is 0 Å². The van der Waals surface area contributed by atoms with E-state index >= 15 is 0 Å². The molecule has 0 spiro atoms. The van der Waals surface area contributed by atoms with Gasteiger partial charge in [-0.15, -0.1) is 11.3 Å². The summed E-state index contributed by atoms with van der Waals surface area (Å²) in [5.41, 5.74) is 1.98. The first-order chi connectivity index (χ1) is 16.1. The Morgan fingerprint density at radius 3 is 2.67 bits per heavy atom. The van der Waals surface area contributed by atoms with Crippen LogP contribution in [-0.2, 0) is 29.2 Å². The van der Waals surface area contributed by atoms with Crippen molar-refractivity contribution in [1.82, 2.24) is 10.2 Å². The van der Waals surface area contributed by atoms with Gasteiger partial charge >= 0.3 is 0 Å². The van der Waals surface area contributed by atoms with Gasteiger partial charge in [0.05, 0.1) is 13.5 Å². The van der Waals surface area contributed by atoms with E-state index in [1.165, 1.54) is 0 Å². The van der Waals surface area contributed by atoms with E-state index in [0.717, 1.165) is 22.4 Å². The molecule has 6 nitrogen and oxygen atoms in total. The van der Waals surface area contributed by atoms with Crippen LogP contribution < -0.4 is 14.8 Å². The normalized spacial score (nSPS) is 15.3. The molecule has 1 aromatic heterocycles. The van der Waals surface area contributed by atoms with Gasteiger partial charge in [-0.25, -0.2) is 0 Å². The third-order valence-electron chi connectivity index (χ3n) is 5.71. The minimum Gasteiger partial charge on any atom is -0.493 e. The Kier molecular flexibility index (Phi) is 7.62. The Bertz CT molecular complexity index is 1070. The number of ether oxygens (including phenoxy) is 2. The second-order valence-corrected chi connectivity index (χ2v) is 9.01. The molecule has 0 bridgehead atoms. The van der Waals surface area contributed by atoms with Crippen LogP contribution in [0.1, 0.15) is 28.8 Å². The SMILES string of the molecule is COc1cc(CNC(=O)C2CCCN2C(=O)Cc2cccs2)ccc1OCc1ccccc1. The number of rotatable bonds is 9. The molecule has 1 N–H and O–H groups in total. The highest BCUT2D eigenvalue weighted by atomic mass is 32.1. The van der Waals surface area contributed by atoms with Crippen LogP contribution in [0.25, 0.3) is 0 Å². The Labute approximate surface area is 198 Å². The van der Waals surface area contributed by atoms with Crippen LogP contribution in [0, 0.1) is 0 Å². The molecule has 1 fully saturated rings. The zero-order chi connectivity index (χ0) is 23.0. The summed E-state index contributed by atoms with van der Waals surface area (Å²) in [5, 5.41) is 4.95. The fourth-order valence-corrected chi connectivity index (χ4v) is 4.68. The number of hydrogen-bond donors (Lipinski definition) is 1. The number of methoxy groups -OCH3 is 1. The van der Waals surface area contributed by atoms with Crippen molar-refractivity contribution < 1.29 is 19.1 Å². The minimum atomic E-state index is -0.409. The van der Waals surface area contributed by atoms with Crippen molar-refractivity contribution >= 4 is 23.2 Å². The highest BCUT2D eigenvalue weighted by Crippen LogP contribution is 2.29. The lowest BCUT2D eigenvalue weighted by Crippen LogP contribution is -2.46. The molecule has 2 heterocycles. The Morgan fingerprint density at radius 1 is 1.06 bits per heavy atom. The third kappa shape index (κ3) is 5.93. The second kappa shape index (κ2) is 11.0. The van der Waals surface area contributed by atoms with Gasteiger partial charge in [-0.05, 0) is 47.5 Å². The number of nitrogens with one attached hydrogen (secondary N) is 1. The number of amides is 2. The first kappa shape index (κ1) is 22.9. The van der Waals surface area contributed by atoms with E-state index in [2.05, 4.69) is 5.32 Å². The number of carbonyl (C=O) groups is 2. The maximum Gasteiger partial charge on any atom is 0.243 e. The summed E-state index contributed by atoms with van der Waals surface area (Å²) in [6.45, 7) is 1.44. The zero-order valence-corrected chi connectivity index (χ0v) is 19.5. The largest absolute Gasteiger partial charge is 0.493 e. The van der Waals surface area contributed by atoms with E-state index in [9.17, 15) is 9.59 Å². The molecule has 4 rings (SSSR count). The Morgan fingerprint density at radius 2 is 1.91 bits per heavy atom. The highest BCUT2D eigenvalue weighted by Gasteiger charge is 2.33. The van der Waals surface area contributed by atoms with Crippen molar-refractivity contribution in [3.8, 4) is 11.5 Å². The van der Waals surface area contributed by atoms with Crippen LogP contribution >= 0.6 is 11.3 Å². The van der Waals surface area contributed by atoms with Gasteiger partial charge in [-0.3, -0.25) is 9.59 Å². The van der Waals surface area contributed by atoms with Crippen LogP contribution in [0.15, 0.2) is 66.0 Å². The summed E-state index contributed by atoms with van der Waals surface area (Å²) >= 11 is 1.56. The fraction of sp³-hybridized carbons (Fsp3) is 0.308. The number of likely N-dealkylation sites (tertiary alicyclic amines) is 1. The van der Waals surface area contributed by atoms with Gasteiger partial charge in [0.15, 0.2) is 11.5 Å². The van der Waals surface area contributed by atoms with E-state index in [-0.39, 0.29) is 11.8 Å². The average molecular weight is 465 g/mol. The van der Waals surface area contributed by atoms with Crippen molar-refractivity contribution in [2.75, 3.05) is 13.7 Å². The summed E-state index contributed by atoms with van der Waals surface area (Å²) in [6, 6.07) is 19.1. The molecule has 2 amide bonds. The molecule has 0 saturated carbocycles. The molecule has 33 heavy (non-hydrogen) atoms. The van der Waals surface area contributed by atoms with Crippen LogP contribution in [0.4, 0.5) is 0 Å². The van der Waals surface area contributed by atoms with E-state index in [1.54, 1.807) is 23.3 Å². The molecular weight excluding hydrogens is 436 g/mol. The first-order valence-corrected chi connectivity index (χ1v) is 11.9. The van der Waals surface area contributed by atoms with Crippen molar-refractivity contribution in [3.63, 3.8) is 0 Å². The summed E-state index contributed by atoms with van der Waals surface area (Å²) in [7, 11) is 1.60. The van der Waals surface area contributed by atoms with Crippen LogP contribution in [-0.4, -0.2) is 36.4 Å². The van der Waals surface area contributed by atoms with Crippen LogP contribution in [0.3, 0.4) is 0 Å². The molecule has 172 valence electrons. The highest BCUT2D eigenvalue weighted by molar-refractivity contribution is 7.10. The zero-order valence-electron chi connectivity index (χ0n) is 18.7. The van der Waals surface area contributed by atoms with Gasteiger partial charge in [-0.2, -0.15) is 0 Å². The smallest absolute Gasteiger partial charge is 0.243 e.